The number of hydrogen-bond donors (Lipinski definition) is 1. The van der Waals surface area contributed by atoms with Gasteiger partial charge < -0.3 is 9.72 Å². The molecule has 0 radical (unpaired) electrons. The van der Waals surface area contributed by atoms with E-state index in [1.165, 1.54) is 28.8 Å². The normalized spacial score (nSPS) is 11.2. The number of nitrogens with zero attached hydrogens (tertiary/aromatic N) is 2. The number of rotatable bonds is 8. The third kappa shape index (κ3) is 4.56. The lowest BCUT2D eigenvalue weighted by Crippen LogP contribution is -2.01. The van der Waals surface area contributed by atoms with Crippen LogP contribution in [0.2, 0.25) is 0 Å². The molecule has 0 unspecified atom stereocenters. The Morgan fingerprint density at radius 1 is 1.31 bits per heavy atom. The van der Waals surface area contributed by atoms with Crippen LogP contribution in [0.5, 0.6) is 5.75 Å². The topological polar surface area (TPSA) is 50.8 Å². The lowest BCUT2D eigenvalue weighted by molar-refractivity contribution is -0.0497. The fourth-order valence-corrected chi connectivity index (χ4v) is 4.05. The molecular formula is C18H17F2N3OS2. The van der Waals surface area contributed by atoms with E-state index in [0.29, 0.717) is 21.9 Å². The maximum absolute atomic E-state index is 12.3. The predicted molar refractivity (Wildman–Crippen MR) is 102 cm³/mol. The second kappa shape index (κ2) is 8.55. The zero-order valence-electron chi connectivity index (χ0n) is 14.0. The Hall–Kier alpha value is -2.06. The molecule has 2 heterocycles. The second-order valence-corrected chi connectivity index (χ2v) is 7.39. The predicted octanol–water partition coefficient (Wildman–Crippen LogP) is 5.44. The van der Waals surface area contributed by atoms with E-state index in [2.05, 4.69) is 33.2 Å². The number of alkyl halides is 2. The summed E-state index contributed by atoms with van der Waals surface area (Å²) in [6.45, 7) is 2.96. The largest absolute Gasteiger partial charge is 0.435 e. The third-order valence-corrected chi connectivity index (χ3v) is 5.66. The molecule has 0 fully saturated rings. The molecule has 0 amide bonds. The smallest absolute Gasteiger partial charge is 0.387 e. The SMILES string of the molecule is C=CCSc1ccnc(CSc2nc3ccc(OC(F)F)cc3[nH]2)c1C. The molecule has 0 spiro atoms. The molecule has 136 valence electrons. The molecule has 0 saturated carbocycles. The molecule has 4 nitrogen and oxygen atoms in total. The van der Waals surface area contributed by atoms with Crippen LogP contribution in [0.25, 0.3) is 11.0 Å². The molecule has 26 heavy (non-hydrogen) atoms. The maximum Gasteiger partial charge on any atom is 0.387 e. The number of H-pyrrole nitrogens is 1. The first-order chi connectivity index (χ1) is 12.6. The number of pyridine rings is 1. The number of hydrogen-bond acceptors (Lipinski definition) is 5. The summed E-state index contributed by atoms with van der Waals surface area (Å²) in [6.07, 6.45) is 3.68. The Balaban J connectivity index is 1.72. The first kappa shape index (κ1) is 18.7. The van der Waals surface area contributed by atoms with Crippen molar-refractivity contribution in [3.05, 3.63) is 54.4 Å². The molecule has 1 aromatic carbocycles. The van der Waals surface area contributed by atoms with E-state index in [-0.39, 0.29) is 5.75 Å². The first-order valence-corrected chi connectivity index (χ1v) is 9.79. The van der Waals surface area contributed by atoms with E-state index in [9.17, 15) is 8.78 Å². The average Bonchev–Trinajstić information content (AvgIpc) is 3.01. The van der Waals surface area contributed by atoms with Crippen molar-refractivity contribution >= 4 is 34.6 Å². The monoisotopic (exact) mass is 393 g/mol. The Kier molecular flexibility index (Phi) is 6.16. The molecule has 0 aliphatic carbocycles. The average molecular weight is 393 g/mol. The lowest BCUT2D eigenvalue weighted by Gasteiger charge is -2.08. The van der Waals surface area contributed by atoms with Crippen LogP contribution in [0.15, 0.2) is 53.2 Å². The van der Waals surface area contributed by atoms with Gasteiger partial charge in [0.15, 0.2) is 5.16 Å². The summed E-state index contributed by atoms with van der Waals surface area (Å²) in [5.74, 6) is 1.62. The quantitative estimate of drug-likeness (QED) is 0.408. The van der Waals surface area contributed by atoms with Gasteiger partial charge in [-0.3, -0.25) is 4.98 Å². The summed E-state index contributed by atoms with van der Waals surface area (Å²) in [4.78, 5) is 13.2. The van der Waals surface area contributed by atoms with E-state index in [0.717, 1.165) is 17.0 Å². The van der Waals surface area contributed by atoms with Crippen LogP contribution in [-0.2, 0) is 5.75 Å². The van der Waals surface area contributed by atoms with Crippen molar-refractivity contribution in [2.45, 2.75) is 29.3 Å². The van der Waals surface area contributed by atoms with Crippen LogP contribution in [0.4, 0.5) is 8.78 Å². The molecule has 0 aliphatic heterocycles. The van der Waals surface area contributed by atoms with Gasteiger partial charge in [0.05, 0.1) is 16.7 Å². The number of aromatic nitrogens is 3. The van der Waals surface area contributed by atoms with Crippen LogP contribution in [0.3, 0.4) is 0 Å². The minimum absolute atomic E-state index is 0.108. The molecular weight excluding hydrogens is 376 g/mol. The number of halogens is 2. The van der Waals surface area contributed by atoms with E-state index in [4.69, 9.17) is 0 Å². The molecule has 3 rings (SSSR count). The summed E-state index contributed by atoms with van der Waals surface area (Å²) < 4.78 is 29.0. The van der Waals surface area contributed by atoms with Gasteiger partial charge in [-0.05, 0) is 30.7 Å². The molecule has 0 atom stereocenters. The Labute approximate surface area is 158 Å². The highest BCUT2D eigenvalue weighted by molar-refractivity contribution is 7.99. The number of fused-ring (bicyclic) bond motifs is 1. The van der Waals surface area contributed by atoms with Gasteiger partial charge in [0, 0.05) is 28.7 Å². The van der Waals surface area contributed by atoms with Gasteiger partial charge in [-0.2, -0.15) is 8.78 Å². The van der Waals surface area contributed by atoms with Crippen LogP contribution in [0, 0.1) is 6.92 Å². The van der Waals surface area contributed by atoms with Crippen molar-refractivity contribution in [3.8, 4) is 5.75 Å². The van der Waals surface area contributed by atoms with Gasteiger partial charge in [0.25, 0.3) is 0 Å². The Morgan fingerprint density at radius 2 is 2.15 bits per heavy atom. The molecule has 2 aromatic heterocycles. The van der Waals surface area contributed by atoms with Gasteiger partial charge in [-0.25, -0.2) is 4.98 Å². The summed E-state index contributed by atoms with van der Waals surface area (Å²) in [5.41, 5.74) is 3.50. The van der Waals surface area contributed by atoms with Crippen LogP contribution in [0.1, 0.15) is 11.3 Å². The number of ether oxygens (including phenoxy) is 1. The van der Waals surface area contributed by atoms with Gasteiger partial charge in [-0.15, -0.1) is 18.3 Å². The van der Waals surface area contributed by atoms with Crippen LogP contribution in [-0.4, -0.2) is 27.3 Å². The summed E-state index contributed by atoms with van der Waals surface area (Å²) in [5, 5.41) is 0.708. The van der Waals surface area contributed by atoms with E-state index in [1.54, 1.807) is 24.0 Å². The van der Waals surface area contributed by atoms with Gasteiger partial charge in [0.2, 0.25) is 0 Å². The van der Waals surface area contributed by atoms with Crippen molar-refractivity contribution in [1.29, 1.82) is 0 Å². The highest BCUT2D eigenvalue weighted by Crippen LogP contribution is 2.29. The number of imidazole rings is 1. The number of thioether (sulfide) groups is 2. The maximum atomic E-state index is 12.3. The highest BCUT2D eigenvalue weighted by Gasteiger charge is 2.10. The van der Waals surface area contributed by atoms with E-state index < -0.39 is 6.61 Å². The van der Waals surface area contributed by atoms with Crippen LogP contribution < -0.4 is 4.74 Å². The second-order valence-electron chi connectivity index (χ2n) is 5.37. The third-order valence-electron chi connectivity index (χ3n) is 3.62. The molecule has 8 heteroatoms. The van der Waals surface area contributed by atoms with Crippen molar-refractivity contribution < 1.29 is 13.5 Å². The van der Waals surface area contributed by atoms with E-state index in [1.807, 2.05) is 12.1 Å². The van der Waals surface area contributed by atoms with Crippen molar-refractivity contribution in [2.75, 3.05) is 5.75 Å². The molecule has 1 N–H and O–H groups in total. The summed E-state index contributed by atoms with van der Waals surface area (Å²) >= 11 is 3.25. The fourth-order valence-electron chi connectivity index (χ4n) is 2.36. The Bertz CT molecular complexity index is 915. The zero-order valence-corrected chi connectivity index (χ0v) is 15.7. The molecule has 3 aromatic rings. The Morgan fingerprint density at radius 3 is 2.92 bits per heavy atom. The van der Waals surface area contributed by atoms with Crippen LogP contribution >= 0.6 is 23.5 Å². The van der Waals surface area contributed by atoms with Crippen molar-refractivity contribution in [1.82, 2.24) is 15.0 Å². The van der Waals surface area contributed by atoms with Crippen molar-refractivity contribution in [2.24, 2.45) is 0 Å². The van der Waals surface area contributed by atoms with Gasteiger partial charge >= 0.3 is 6.61 Å². The summed E-state index contributed by atoms with van der Waals surface area (Å²) in [7, 11) is 0. The zero-order chi connectivity index (χ0) is 18.5. The standard InChI is InChI=1S/C18H17F2N3OS2/c1-3-8-25-16-6-7-21-15(11(16)2)10-26-18-22-13-5-4-12(24-17(19)20)9-14(13)23-18/h3-7,9,17H,1,8,10H2,2H3,(H,22,23). The number of aromatic amines is 1. The fraction of sp³-hybridized carbons (Fsp3) is 0.222. The van der Waals surface area contributed by atoms with Gasteiger partial charge in [0.1, 0.15) is 5.75 Å². The molecule has 0 aliphatic rings. The van der Waals surface area contributed by atoms with Gasteiger partial charge in [-0.1, -0.05) is 17.8 Å². The molecule has 0 bridgehead atoms. The highest BCUT2D eigenvalue weighted by atomic mass is 32.2. The lowest BCUT2D eigenvalue weighted by atomic mass is 10.2. The van der Waals surface area contributed by atoms with Crippen molar-refractivity contribution in [3.63, 3.8) is 0 Å². The van der Waals surface area contributed by atoms with E-state index >= 15 is 0 Å². The minimum atomic E-state index is -2.84. The number of benzene rings is 1. The summed E-state index contributed by atoms with van der Waals surface area (Å²) in [6, 6.07) is 6.66. The number of nitrogens with one attached hydrogen (secondary N) is 1. The molecule has 0 saturated heterocycles. The minimum Gasteiger partial charge on any atom is -0.435 e. The first-order valence-electron chi connectivity index (χ1n) is 7.82.